The van der Waals surface area contributed by atoms with Gasteiger partial charge in [0.05, 0.1) is 12.7 Å². The summed E-state index contributed by atoms with van der Waals surface area (Å²) in [6.07, 6.45) is 1.26. The van der Waals surface area contributed by atoms with Gasteiger partial charge in [-0.05, 0) is 30.0 Å². The number of hydrogen-bond acceptors (Lipinski definition) is 6. The molecule has 0 spiro atoms. The summed E-state index contributed by atoms with van der Waals surface area (Å²) < 4.78 is 22.4. The van der Waals surface area contributed by atoms with Gasteiger partial charge in [0.25, 0.3) is 0 Å². The van der Waals surface area contributed by atoms with Crippen molar-refractivity contribution < 1.29 is 23.7 Å². The van der Waals surface area contributed by atoms with Crippen LogP contribution in [-0.2, 0) is 20.8 Å². The molecule has 3 atom stereocenters. The van der Waals surface area contributed by atoms with Gasteiger partial charge in [-0.25, -0.2) is 0 Å². The fourth-order valence-corrected chi connectivity index (χ4v) is 4.13. The lowest BCUT2D eigenvalue weighted by molar-refractivity contribution is -0.133. The van der Waals surface area contributed by atoms with E-state index in [4.69, 9.17) is 18.9 Å². The topological polar surface area (TPSA) is 60.5 Å². The zero-order chi connectivity index (χ0) is 18.8. The minimum atomic E-state index is 0.00585. The molecule has 27 heavy (non-hydrogen) atoms. The van der Waals surface area contributed by atoms with Crippen molar-refractivity contribution >= 4 is 5.91 Å². The highest BCUT2D eigenvalue weighted by Crippen LogP contribution is 2.37. The van der Waals surface area contributed by atoms with Gasteiger partial charge in [-0.2, -0.15) is 0 Å². The second-order valence-corrected chi connectivity index (χ2v) is 7.81. The van der Waals surface area contributed by atoms with E-state index in [1.54, 1.807) is 19.0 Å². The highest BCUT2D eigenvalue weighted by Gasteiger charge is 2.43. The highest BCUT2D eigenvalue weighted by molar-refractivity contribution is 5.76. The number of benzene rings is 1. The fraction of sp³-hybridized carbons (Fsp3) is 0.650. The molecule has 3 aliphatic rings. The lowest BCUT2D eigenvalue weighted by Gasteiger charge is -2.20. The van der Waals surface area contributed by atoms with Gasteiger partial charge in [0.15, 0.2) is 11.5 Å². The molecule has 0 saturated carbocycles. The molecular weight excluding hydrogens is 348 g/mol. The van der Waals surface area contributed by atoms with Crippen molar-refractivity contribution in [3.63, 3.8) is 0 Å². The first kappa shape index (κ1) is 18.5. The van der Waals surface area contributed by atoms with Gasteiger partial charge in [0.1, 0.15) is 6.61 Å². The summed E-state index contributed by atoms with van der Waals surface area (Å²) in [5.41, 5.74) is 1.24. The molecule has 0 aromatic heterocycles. The van der Waals surface area contributed by atoms with Crippen LogP contribution in [-0.4, -0.2) is 75.6 Å². The molecule has 0 radical (unpaired) electrons. The molecule has 0 N–H and O–H groups in total. The Morgan fingerprint density at radius 2 is 2.11 bits per heavy atom. The van der Waals surface area contributed by atoms with E-state index in [-0.39, 0.29) is 12.5 Å². The van der Waals surface area contributed by atoms with Gasteiger partial charge in [0, 0.05) is 46.3 Å². The third-order valence-corrected chi connectivity index (χ3v) is 5.72. The van der Waals surface area contributed by atoms with E-state index >= 15 is 0 Å². The molecule has 0 aliphatic carbocycles. The average Bonchev–Trinajstić information content (AvgIpc) is 3.34. The van der Waals surface area contributed by atoms with Crippen molar-refractivity contribution in [1.29, 1.82) is 0 Å². The molecule has 7 nitrogen and oxygen atoms in total. The van der Waals surface area contributed by atoms with E-state index in [9.17, 15) is 4.79 Å². The van der Waals surface area contributed by atoms with Crippen LogP contribution in [0.4, 0.5) is 0 Å². The summed E-state index contributed by atoms with van der Waals surface area (Å²) in [4.78, 5) is 15.6. The summed E-state index contributed by atoms with van der Waals surface area (Å²) in [6, 6.07) is 6.17. The molecule has 148 valence electrons. The summed E-state index contributed by atoms with van der Waals surface area (Å²) in [5.74, 6) is 2.73. The summed E-state index contributed by atoms with van der Waals surface area (Å²) in [5, 5.41) is 0. The molecule has 0 unspecified atom stereocenters. The number of likely N-dealkylation sites (tertiary alicyclic amines) is 1. The summed E-state index contributed by atoms with van der Waals surface area (Å²) in [7, 11) is 3.49. The van der Waals surface area contributed by atoms with Crippen LogP contribution in [0.3, 0.4) is 0 Å². The van der Waals surface area contributed by atoms with Gasteiger partial charge in [-0.1, -0.05) is 6.07 Å². The molecule has 2 saturated heterocycles. The van der Waals surface area contributed by atoms with E-state index in [0.717, 1.165) is 44.2 Å². The number of nitrogens with zero attached hydrogens (tertiary/aromatic N) is 2. The lowest BCUT2D eigenvalue weighted by Crippen LogP contribution is -2.27. The van der Waals surface area contributed by atoms with Gasteiger partial charge in [-0.15, -0.1) is 0 Å². The molecular formula is C20H28N2O5. The smallest absolute Gasteiger partial charge is 0.248 e. The Balaban J connectivity index is 1.24. The van der Waals surface area contributed by atoms with Crippen LogP contribution in [0, 0.1) is 11.8 Å². The lowest BCUT2D eigenvalue weighted by atomic mass is 9.91. The molecule has 1 amide bonds. The minimum absolute atomic E-state index is 0.00585. The van der Waals surface area contributed by atoms with E-state index in [2.05, 4.69) is 17.0 Å². The zero-order valence-electron chi connectivity index (χ0n) is 16.1. The maximum absolute atomic E-state index is 11.6. The van der Waals surface area contributed by atoms with Crippen LogP contribution in [0.25, 0.3) is 0 Å². The Morgan fingerprint density at radius 1 is 1.26 bits per heavy atom. The van der Waals surface area contributed by atoms with Crippen molar-refractivity contribution in [2.75, 3.05) is 53.8 Å². The number of hydrogen-bond donors (Lipinski definition) is 0. The second kappa shape index (κ2) is 8.04. The van der Waals surface area contributed by atoms with Crippen LogP contribution in [0.15, 0.2) is 18.2 Å². The number of ether oxygens (including phenoxy) is 4. The number of carbonyl (C=O) groups excluding carboxylic acids is 1. The van der Waals surface area contributed by atoms with Crippen molar-refractivity contribution in [3.05, 3.63) is 23.8 Å². The maximum Gasteiger partial charge on any atom is 0.248 e. The number of fused-ring (bicyclic) bond motifs is 2. The van der Waals surface area contributed by atoms with Crippen LogP contribution < -0.4 is 9.47 Å². The Labute approximate surface area is 160 Å². The van der Waals surface area contributed by atoms with Gasteiger partial charge < -0.3 is 23.8 Å². The Morgan fingerprint density at radius 3 is 2.96 bits per heavy atom. The molecule has 7 heteroatoms. The first-order valence-electron chi connectivity index (χ1n) is 9.60. The summed E-state index contributed by atoms with van der Waals surface area (Å²) in [6.45, 7) is 4.79. The van der Waals surface area contributed by atoms with E-state index in [1.807, 2.05) is 6.07 Å². The SMILES string of the molecule is CN(C)C(=O)COCC[C@@H]1CO[C@@H]2CN(Cc3ccc4c(c3)OCO4)C[C@H]12. The number of likely N-dealkylation sites (N-methyl/N-ethyl adjacent to an activating group) is 1. The molecule has 4 rings (SSSR count). The second-order valence-electron chi connectivity index (χ2n) is 7.81. The largest absolute Gasteiger partial charge is 0.454 e. The number of rotatable bonds is 7. The van der Waals surface area contributed by atoms with Crippen LogP contribution in [0.5, 0.6) is 11.5 Å². The third kappa shape index (κ3) is 4.20. The quantitative estimate of drug-likeness (QED) is 0.670. The molecule has 2 fully saturated rings. The monoisotopic (exact) mass is 376 g/mol. The van der Waals surface area contributed by atoms with Crippen molar-refractivity contribution in [1.82, 2.24) is 9.80 Å². The fourth-order valence-electron chi connectivity index (χ4n) is 4.13. The molecule has 1 aromatic rings. The average molecular weight is 376 g/mol. The normalized spacial score (nSPS) is 26.4. The van der Waals surface area contributed by atoms with Gasteiger partial charge in [-0.3, -0.25) is 9.69 Å². The Kier molecular flexibility index (Phi) is 5.52. The Bertz CT molecular complexity index is 680. The number of amides is 1. The van der Waals surface area contributed by atoms with Crippen LogP contribution in [0.2, 0.25) is 0 Å². The Hall–Kier alpha value is -1.83. The predicted molar refractivity (Wildman–Crippen MR) is 98.7 cm³/mol. The first-order chi connectivity index (χ1) is 13.1. The maximum atomic E-state index is 11.6. The van der Waals surface area contributed by atoms with Gasteiger partial charge in [0.2, 0.25) is 12.7 Å². The van der Waals surface area contributed by atoms with Crippen molar-refractivity contribution in [2.24, 2.45) is 11.8 Å². The van der Waals surface area contributed by atoms with Crippen molar-refractivity contribution in [2.45, 2.75) is 19.1 Å². The molecule has 1 aromatic carbocycles. The third-order valence-electron chi connectivity index (χ3n) is 5.72. The first-order valence-corrected chi connectivity index (χ1v) is 9.60. The molecule has 0 bridgehead atoms. The number of carbonyl (C=O) groups is 1. The van der Waals surface area contributed by atoms with Crippen LogP contribution in [0.1, 0.15) is 12.0 Å². The predicted octanol–water partition coefficient (Wildman–Crippen LogP) is 1.36. The molecule has 3 heterocycles. The van der Waals surface area contributed by atoms with E-state index in [1.165, 1.54) is 5.56 Å². The summed E-state index contributed by atoms with van der Waals surface area (Å²) >= 11 is 0. The van der Waals surface area contributed by atoms with E-state index in [0.29, 0.717) is 31.3 Å². The van der Waals surface area contributed by atoms with Gasteiger partial charge >= 0.3 is 0 Å². The van der Waals surface area contributed by atoms with Crippen LogP contribution >= 0.6 is 0 Å². The highest BCUT2D eigenvalue weighted by atomic mass is 16.7. The van der Waals surface area contributed by atoms with Crippen molar-refractivity contribution in [3.8, 4) is 11.5 Å². The minimum Gasteiger partial charge on any atom is -0.454 e. The standard InChI is InChI=1S/C20H28N2O5/c1-21(2)20(23)12-24-6-5-15-11-25-19-10-22(9-16(15)19)8-14-3-4-17-18(7-14)27-13-26-17/h3-4,7,15-16,19H,5-6,8-13H2,1-2H3/t15-,16-,19-/m1/s1. The zero-order valence-corrected chi connectivity index (χ0v) is 16.1. The molecule has 3 aliphatic heterocycles. The van der Waals surface area contributed by atoms with E-state index < -0.39 is 0 Å².